The van der Waals surface area contributed by atoms with Gasteiger partial charge < -0.3 is 4.57 Å². The van der Waals surface area contributed by atoms with Crippen molar-refractivity contribution in [3.8, 4) is 22.6 Å². The van der Waals surface area contributed by atoms with Gasteiger partial charge in [-0.1, -0.05) is 18.5 Å². The van der Waals surface area contributed by atoms with E-state index in [9.17, 15) is 26.0 Å². The summed E-state index contributed by atoms with van der Waals surface area (Å²) in [6.45, 7) is 1.43. The molecular weight excluding hydrogens is 524 g/mol. The van der Waals surface area contributed by atoms with Crippen molar-refractivity contribution in [2.75, 3.05) is 5.75 Å². The Morgan fingerprint density at radius 1 is 1.08 bits per heavy atom. The number of halogens is 5. The van der Waals surface area contributed by atoms with Crippen molar-refractivity contribution >= 4 is 38.2 Å². The molecule has 0 radical (unpaired) electrons. The van der Waals surface area contributed by atoms with Gasteiger partial charge in [0.05, 0.1) is 17.0 Å². The Hall–Kier alpha value is -3.58. The van der Waals surface area contributed by atoms with E-state index in [1.807, 2.05) is 0 Å². The third-order valence-electron chi connectivity index (χ3n) is 5.58. The van der Waals surface area contributed by atoms with Crippen LogP contribution in [0.1, 0.15) is 12.5 Å². The largest absolute Gasteiger partial charge is 0.417 e. The van der Waals surface area contributed by atoms with Gasteiger partial charge in [0, 0.05) is 30.0 Å². The number of aromatic nitrogens is 6. The number of alkyl halides is 3. The van der Waals surface area contributed by atoms with Gasteiger partial charge in [-0.05, 0) is 30.3 Å². The van der Waals surface area contributed by atoms with Gasteiger partial charge in [0.1, 0.15) is 22.7 Å². The number of sulfone groups is 1. The normalized spacial score (nSPS) is 12.6. The van der Waals surface area contributed by atoms with Crippen molar-refractivity contribution in [1.82, 2.24) is 29.1 Å². The quantitative estimate of drug-likeness (QED) is 0.300. The summed E-state index contributed by atoms with van der Waals surface area (Å²) in [6, 6.07) is 6.13. The van der Waals surface area contributed by atoms with Crippen LogP contribution in [0.15, 0.2) is 47.8 Å². The molecule has 36 heavy (non-hydrogen) atoms. The Morgan fingerprint density at radius 2 is 1.83 bits per heavy atom. The lowest BCUT2D eigenvalue weighted by molar-refractivity contribution is -0.137. The molecule has 5 aromatic rings. The molecule has 5 rings (SSSR count). The highest BCUT2D eigenvalue weighted by atomic mass is 35.5. The Bertz CT molecular complexity index is 1760. The van der Waals surface area contributed by atoms with Crippen LogP contribution in [0.5, 0.6) is 0 Å². The molecule has 0 bridgehead atoms. The molecule has 0 saturated carbocycles. The third-order valence-corrected chi connectivity index (χ3v) is 7.43. The molecule has 0 saturated heterocycles. The molecule has 0 amide bonds. The fourth-order valence-electron chi connectivity index (χ4n) is 3.85. The Kier molecular flexibility index (Phi) is 5.52. The smallest absolute Gasteiger partial charge is 0.312 e. The van der Waals surface area contributed by atoms with Crippen molar-refractivity contribution in [2.24, 2.45) is 7.05 Å². The predicted octanol–water partition coefficient (Wildman–Crippen LogP) is 4.95. The minimum absolute atomic E-state index is 0.000717. The summed E-state index contributed by atoms with van der Waals surface area (Å²) in [5.74, 6) is -0.926. The monoisotopic (exact) mass is 538 g/mol. The van der Waals surface area contributed by atoms with Crippen LogP contribution >= 0.6 is 11.6 Å². The standard InChI is InChI=1S/C22H15ClF4N6O2S/c1-3-36(34,35)21-17(20-30-15-8-12(22(25,26)27)10-29-18(15)32(20)2)19-28-5-4-16(33(19)31-21)11-6-13(23)9-14(24)7-11/h4-10H,3H2,1-2H3. The van der Waals surface area contributed by atoms with Crippen LogP contribution in [0.3, 0.4) is 0 Å². The number of benzene rings is 1. The maximum atomic E-state index is 14.1. The lowest BCUT2D eigenvalue weighted by atomic mass is 10.1. The molecule has 4 aromatic heterocycles. The van der Waals surface area contributed by atoms with E-state index < -0.39 is 27.4 Å². The molecule has 1 aromatic carbocycles. The van der Waals surface area contributed by atoms with E-state index in [1.165, 1.54) is 47.4 Å². The highest BCUT2D eigenvalue weighted by Gasteiger charge is 2.33. The fourth-order valence-corrected chi connectivity index (χ4v) is 5.05. The van der Waals surface area contributed by atoms with Crippen molar-refractivity contribution in [3.05, 3.63) is 59.1 Å². The number of fused-ring (bicyclic) bond motifs is 2. The first-order valence-electron chi connectivity index (χ1n) is 10.4. The number of pyridine rings is 1. The highest BCUT2D eigenvalue weighted by molar-refractivity contribution is 7.91. The second-order valence-corrected chi connectivity index (χ2v) is 10.5. The van der Waals surface area contributed by atoms with Crippen LogP contribution in [-0.2, 0) is 23.1 Å². The summed E-state index contributed by atoms with van der Waals surface area (Å²) in [6.07, 6.45) is -2.58. The summed E-state index contributed by atoms with van der Waals surface area (Å²) in [5, 5.41) is 4.03. The molecule has 0 fully saturated rings. The van der Waals surface area contributed by atoms with Crippen LogP contribution in [0.2, 0.25) is 5.02 Å². The number of imidazole rings is 1. The molecule has 14 heteroatoms. The lowest BCUT2D eigenvalue weighted by Gasteiger charge is -2.06. The molecule has 0 N–H and O–H groups in total. The van der Waals surface area contributed by atoms with Crippen molar-refractivity contribution in [1.29, 1.82) is 0 Å². The Morgan fingerprint density at radius 3 is 2.50 bits per heavy atom. The number of hydrogen-bond donors (Lipinski definition) is 0. The minimum Gasteiger partial charge on any atom is -0.312 e. The zero-order valence-electron chi connectivity index (χ0n) is 18.5. The number of nitrogens with zero attached hydrogens (tertiary/aromatic N) is 6. The summed E-state index contributed by atoms with van der Waals surface area (Å²) in [4.78, 5) is 12.4. The second kappa shape index (κ2) is 8.23. The summed E-state index contributed by atoms with van der Waals surface area (Å²) in [7, 11) is -2.47. The van der Waals surface area contributed by atoms with Crippen LogP contribution in [-0.4, -0.2) is 43.3 Å². The molecule has 0 aliphatic heterocycles. The van der Waals surface area contributed by atoms with Crippen molar-refractivity contribution < 1.29 is 26.0 Å². The molecule has 0 aliphatic carbocycles. The van der Waals surface area contributed by atoms with E-state index in [1.54, 1.807) is 0 Å². The van der Waals surface area contributed by atoms with E-state index >= 15 is 0 Å². The first kappa shape index (κ1) is 24.1. The first-order valence-corrected chi connectivity index (χ1v) is 12.4. The maximum Gasteiger partial charge on any atom is 0.417 e. The van der Waals surface area contributed by atoms with Gasteiger partial charge in [0.2, 0.25) is 0 Å². The molecule has 0 aliphatic rings. The number of hydrogen-bond acceptors (Lipinski definition) is 6. The van der Waals surface area contributed by atoms with Crippen molar-refractivity contribution in [2.45, 2.75) is 18.1 Å². The summed E-state index contributed by atoms with van der Waals surface area (Å²) >= 11 is 6.01. The van der Waals surface area contributed by atoms with Gasteiger partial charge in [-0.2, -0.15) is 18.3 Å². The third kappa shape index (κ3) is 3.88. The SMILES string of the molecule is CCS(=O)(=O)c1nn2c(-c3cc(F)cc(Cl)c3)ccnc2c1-c1nc2cc(C(F)(F)F)cnc2n1C. The molecule has 8 nitrogen and oxygen atoms in total. The second-order valence-electron chi connectivity index (χ2n) is 7.87. The van der Waals surface area contributed by atoms with Gasteiger partial charge in [0.25, 0.3) is 0 Å². The molecule has 0 spiro atoms. The van der Waals surface area contributed by atoms with Gasteiger partial charge in [0.15, 0.2) is 26.2 Å². The average molecular weight is 539 g/mol. The van der Waals surface area contributed by atoms with Gasteiger partial charge >= 0.3 is 6.18 Å². The number of aryl methyl sites for hydroxylation is 1. The maximum absolute atomic E-state index is 14.1. The predicted molar refractivity (Wildman–Crippen MR) is 124 cm³/mol. The van der Waals surface area contributed by atoms with Crippen LogP contribution in [0.4, 0.5) is 17.6 Å². The van der Waals surface area contributed by atoms with Gasteiger partial charge in [-0.3, -0.25) is 0 Å². The molecule has 186 valence electrons. The molecule has 4 heterocycles. The Labute approximate surface area is 206 Å². The van der Waals surface area contributed by atoms with Gasteiger partial charge in [-0.25, -0.2) is 32.3 Å². The van der Waals surface area contributed by atoms with Gasteiger partial charge in [-0.15, -0.1) is 0 Å². The molecule has 0 unspecified atom stereocenters. The Balaban J connectivity index is 1.86. The zero-order valence-corrected chi connectivity index (χ0v) is 20.1. The first-order chi connectivity index (χ1) is 16.9. The minimum atomic E-state index is -4.64. The topological polar surface area (TPSA) is 95.0 Å². The number of rotatable bonds is 4. The average Bonchev–Trinajstić information content (AvgIpc) is 3.35. The van der Waals surface area contributed by atoms with Crippen LogP contribution in [0.25, 0.3) is 39.5 Å². The van der Waals surface area contributed by atoms with Crippen molar-refractivity contribution in [3.63, 3.8) is 0 Å². The lowest BCUT2D eigenvalue weighted by Crippen LogP contribution is -2.07. The zero-order chi connectivity index (χ0) is 26.0. The van der Waals surface area contributed by atoms with E-state index in [-0.39, 0.29) is 49.7 Å². The molecular formula is C22H15ClF4N6O2S. The highest BCUT2D eigenvalue weighted by Crippen LogP contribution is 2.36. The van der Waals surface area contributed by atoms with E-state index in [0.29, 0.717) is 11.8 Å². The van der Waals surface area contributed by atoms with E-state index in [2.05, 4.69) is 20.1 Å². The van der Waals surface area contributed by atoms with Crippen LogP contribution in [0, 0.1) is 5.82 Å². The van der Waals surface area contributed by atoms with Crippen LogP contribution < -0.4 is 0 Å². The van der Waals surface area contributed by atoms with E-state index in [0.717, 1.165) is 12.1 Å². The molecule has 0 atom stereocenters. The summed E-state index contributed by atoms with van der Waals surface area (Å²) in [5.41, 5.74) is -0.353. The summed E-state index contributed by atoms with van der Waals surface area (Å²) < 4.78 is 82.4. The fraction of sp³-hybridized carbons (Fsp3) is 0.182. The van der Waals surface area contributed by atoms with E-state index in [4.69, 9.17) is 11.6 Å².